The number of halogens is 2. The van der Waals surface area contributed by atoms with E-state index < -0.39 is 21.6 Å². The van der Waals surface area contributed by atoms with Crippen molar-refractivity contribution in [2.24, 2.45) is 5.14 Å². The molecule has 1 amide bonds. The zero-order chi connectivity index (χ0) is 19.1. The first-order valence-corrected chi connectivity index (χ1v) is 9.32. The molecule has 3 aromatic rings. The summed E-state index contributed by atoms with van der Waals surface area (Å²) in [5, 5.41) is 8.33. The lowest BCUT2D eigenvalue weighted by Crippen LogP contribution is -2.20. The van der Waals surface area contributed by atoms with E-state index in [1.165, 1.54) is 42.5 Å². The summed E-state index contributed by atoms with van der Waals surface area (Å²) in [6, 6.07) is 9.38. The van der Waals surface area contributed by atoms with Crippen LogP contribution in [0, 0.1) is 0 Å². The third-order valence-corrected chi connectivity index (χ3v) is 4.87. The summed E-state index contributed by atoms with van der Waals surface area (Å²) in [7, 11) is -3.84. The highest BCUT2D eigenvalue weighted by Gasteiger charge is 2.16. The van der Waals surface area contributed by atoms with Crippen LogP contribution in [-0.2, 0) is 10.0 Å². The maximum atomic E-state index is 12.4. The van der Waals surface area contributed by atoms with Crippen molar-refractivity contribution in [3.8, 4) is 0 Å². The second-order valence-electron chi connectivity index (χ2n) is 5.28. The summed E-state index contributed by atoms with van der Waals surface area (Å²) in [5.74, 6) is -0.736. The summed E-state index contributed by atoms with van der Waals surface area (Å²) in [6.07, 6.45) is 0. The number of carbonyl (C=O) groups excluding carboxylic acids is 1. The first-order valence-electron chi connectivity index (χ1n) is 7.02. The second kappa shape index (κ2) is 6.73. The van der Waals surface area contributed by atoms with Gasteiger partial charge in [0, 0.05) is 16.1 Å². The van der Waals surface area contributed by atoms with E-state index in [0.717, 1.165) is 0 Å². The van der Waals surface area contributed by atoms with Crippen LogP contribution in [0.1, 0.15) is 10.4 Å². The van der Waals surface area contributed by atoms with Crippen LogP contribution in [0.3, 0.4) is 0 Å². The maximum absolute atomic E-state index is 12.4. The van der Waals surface area contributed by atoms with Gasteiger partial charge in [-0.25, -0.2) is 18.4 Å². The van der Waals surface area contributed by atoms with E-state index in [1.807, 2.05) is 0 Å². The average Bonchev–Trinajstić information content (AvgIpc) is 2.54. The lowest BCUT2D eigenvalue weighted by atomic mass is 10.1. The molecule has 7 nitrogen and oxygen atoms in total. The van der Waals surface area contributed by atoms with E-state index in [0.29, 0.717) is 10.4 Å². The summed E-state index contributed by atoms with van der Waals surface area (Å²) < 4.78 is 27.6. The van der Waals surface area contributed by atoms with Gasteiger partial charge in [0.2, 0.25) is 10.0 Å². The number of carbonyl (C=O) groups is 1. The summed E-state index contributed by atoms with van der Waals surface area (Å²) in [4.78, 5) is 24.3. The molecular formula is C16H10Cl2N2O5S. The third kappa shape index (κ3) is 3.73. The van der Waals surface area contributed by atoms with Crippen molar-refractivity contribution in [3.05, 3.63) is 68.5 Å². The number of hydrogen-bond acceptors (Lipinski definition) is 5. The Morgan fingerprint density at radius 2 is 1.73 bits per heavy atom. The van der Waals surface area contributed by atoms with Crippen LogP contribution in [0.15, 0.2) is 56.6 Å². The Morgan fingerprint density at radius 1 is 1.08 bits per heavy atom. The highest BCUT2D eigenvalue weighted by atomic mass is 35.5. The third-order valence-electron chi connectivity index (χ3n) is 3.44. The Hall–Kier alpha value is -2.39. The molecule has 0 atom stereocenters. The topological polar surface area (TPSA) is 119 Å². The monoisotopic (exact) mass is 412 g/mol. The molecule has 0 aliphatic heterocycles. The van der Waals surface area contributed by atoms with Crippen LogP contribution in [0.25, 0.3) is 11.0 Å². The largest absolute Gasteiger partial charge is 0.421 e. The number of fused-ring (bicyclic) bond motifs is 1. The molecular weight excluding hydrogens is 403 g/mol. The standard InChI is InChI=1S/C16H10Cl2N2O5S/c17-9-5-8-6-12(16(22)25-14(8)13(18)7-9)15(21)20-10-1-3-11(4-2-10)26(19,23)24/h1-7H,(H,20,21)(H2,19,23,24). The van der Waals surface area contributed by atoms with E-state index in [4.69, 9.17) is 32.8 Å². The van der Waals surface area contributed by atoms with E-state index in [-0.39, 0.29) is 26.8 Å². The van der Waals surface area contributed by atoms with Crippen LogP contribution in [0.5, 0.6) is 0 Å². The van der Waals surface area contributed by atoms with Crippen LogP contribution in [-0.4, -0.2) is 14.3 Å². The van der Waals surface area contributed by atoms with Gasteiger partial charge in [0.05, 0.1) is 9.92 Å². The van der Waals surface area contributed by atoms with Crippen molar-refractivity contribution in [3.63, 3.8) is 0 Å². The van der Waals surface area contributed by atoms with Crippen molar-refractivity contribution < 1.29 is 17.6 Å². The molecule has 0 unspecified atom stereocenters. The Kier molecular flexibility index (Phi) is 4.76. The van der Waals surface area contributed by atoms with Gasteiger partial charge in [-0.05, 0) is 42.5 Å². The smallest absolute Gasteiger partial charge is 0.349 e. The Morgan fingerprint density at radius 3 is 2.35 bits per heavy atom. The first-order chi connectivity index (χ1) is 12.1. The highest BCUT2D eigenvalue weighted by Crippen LogP contribution is 2.27. The van der Waals surface area contributed by atoms with E-state index in [2.05, 4.69) is 5.32 Å². The number of benzene rings is 2. The van der Waals surface area contributed by atoms with Gasteiger partial charge in [0.1, 0.15) is 5.56 Å². The molecule has 0 saturated carbocycles. The van der Waals surface area contributed by atoms with Gasteiger partial charge in [-0.15, -0.1) is 0 Å². The minimum absolute atomic E-state index is 0.106. The van der Waals surface area contributed by atoms with Crippen molar-refractivity contribution in [2.75, 3.05) is 5.32 Å². The fourth-order valence-corrected chi connectivity index (χ4v) is 3.31. The Bertz CT molecular complexity index is 1190. The summed E-state index contributed by atoms with van der Waals surface area (Å²) >= 11 is 11.9. The summed E-state index contributed by atoms with van der Waals surface area (Å²) in [6.45, 7) is 0. The van der Waals surface area contributed by atoms with Crippen molar-refractivity contribution >= 4 is 55.8 Å². The van der Waals surface area contributed by atoms with Gasteiger partial charge >= 0.3 is 5.63 Å². The molecule has 1 aromatic heterocycles. The predicted octanol–water partition coefficient (Wildman–Crippen LogP) is 3.00. The van der Waals surface area contributed by atoms with Gasteiger partial charge < -0.3 is 9.73 Å². The van der Waals surface area contributed by atoms with Crippen molar-refractivity contribution in [2.45, 2.75) is 4.90 Å². The fourth-order valence-electron chi connectivity index (χ4n) is 2.24. The highest BCUT2D eigenvalue weighted by molar-refractivity contribution is 7.89. The molecule has 0 aliphatic carbocycles. The van der Waals surface area contributed by atoms with Crippen molar-refractivity contribution in [1.29, 1.82) is 0 Å². The van der Waals surface area contributed by atoms with Gasteiger partial charge in [0.25, 0.3) is 5.91 Å². The number of primary sulfonamides is 1. The van der Waals surface area contributed by atoms with Gasteiger partial charge in [-0.1, -0.05) is 23.2 Å². The van der Waals surface area contributed by atoms with Gasteiger partial charge in [-0.3, -0.25) is 4.79 Å². The quantitative estimate of drug-likeness (QED) is 0.640. The SMILES string of the molecule is NS(=O)(=O)c1ccc(NC(=O)c2cc3cc(Cl)cc(Cl)c3oc2=O)cc1. The number of nitrogens with two attached hydrogens (primary N) is 1. The molecule has 0 fully saturated rings. The number of nitrogens with one attached hydrogen (secondary N) is 1. The zero-order valence-corrected chi connectivity index (χ0v) is 15.2. The Balaban J connectivity index is 1.95. The minimum atomic E-state index is -3.84. The average molecular weight is 413 g/mol. The molecule has 10 heteroatoms. The molecule has 3 rings (SSSR count). The minimum Gasteiger partial charge on any atom is -0.421 e. The molecule has 0 saturated heterocycles. The maximum Gasteiger partial charge on any atom is 0.349 e. The molecule has 1 heterocycles. The van der Waals surface area contributed by atoms with Crippen LogP contribution >= 0.6 is 23.2 Å². The molecule has 3 N–H and O–H groups in total. The normalized spacial score (nSPS) is 11.5. The number of sulfonamides is 1. The number of hydrogen-bond donors (Lipinski definition) is 2. The van der Waals surface area contributed by atoms with Crippen LogP contribution in [0.4, 0.5) is 5.69 Å². The van der Waals surface area contributed by atoms with Crippen LogP contribution in [0.2, 0.25) is 10.0 Å². The first kappa shape index (κ1) is 18.4. The fraction of sp³-hybridized carbons (Fsp3) is 0. The predicted molar refractivity (Wildman–Crippen MR) is 98.3 cm³/mol. The summed E-state index contributed by atoms with van der Waals surface area (Å²) in [5.41, 5.74) is -0.743. The molecule has 0 aliphatic rings. The van der Waals surface area contributed by atoms with E-state index in [9.17, 15) is 18.0 Å². The molecule has 0 spiro atoms. The van der Waals surface area contributed by atoms with Crippen LogP contribution < -0.4 is 16.1 Å². The van der Waals surface area contributed by atoms with E-state index >= 15 is 0 Å². The number of amides is 1. The molecule has 0 radical (unpaired) electrons. The molecule has 2 aromatic carbocycles. The number of rotatable bonds is 3. The van der Waals surface area contributed by atoms with E-state index in [1.54, 1.807) is 0 Å². The molecule has 134 valence electrons. The van der Waals surface area contributed by atoms with Crippen molar-refractivity contribution in [1.82, 2.24) is 0 Å². The zero-order valence-electron chi connectivity index (χ0n) is 12.8. The molecule has 26 heavy (non-hydrogen) atoms. The van der Waals surface area contributed by atoms with Gasteiger partial charge in [-0.2, -0.15) is 0 Å². The number of anilines is 1. The molecule has 0 bridgehead atoms. The second-order valence-corrected chi connectivity index (χ2v) is 7.68. The lowest BCUT2D eigenvalue weighted by molar-refractivity contribution is 0.102. The Labute approximate surface area is 157 Å². The lowest BCUT2D eigenvalue weighted by Gasteiger charge is -2.07. The van der Waals surface area contributed by atoms with Gasteiger partial charge in [0.15, 0.2) is 5.58 Å².